The molecule has 0 aromatic rings. The maximum atomic E-state index is 10.3. The normalized spacial score (nSPS) is 9.60. The lowest BCUT2D eigenvalue weighted by atomic mass is 10.2. The van der Waals surface area contributed by atoms with Crippen LogP contribution in [0.25, 0.3) is 0 Å². The molecule has 0 atom stereocenters. The van der Waals surface area contributed by atoms with Crippen molar-refractivity contribution in [3.63, 3.8) is 0 Å². The maximum Gasteiger partial charge on any atom is 0.286 e. The topological polar surface area (TPSA) is 26.3 Å². The third-order valence-corrected chi connectivity index (χ3v) is 1.02. The van der Waals surface area contributed by atoms with E-state index in [0.29, 0.717) is 12.5 Å². The van der Waals surface area contributed by atoms with E-state index in [-0.39, 0.29) is 5.76 Å². The van der Waals surface area contributed by atoms with Crippen molar-refractivity contribution >= 4 is 16.8 Å². The zero-order valence-electron chi connectivity index (χ0n) is 6.19. The van der Waals surface area contributed by atoms with Crippen LogP contribution < -0.4 is 0 Å². The minimum absolute atomic E-state index is 0.0235. The Morgan fingerprint density at radius 2 is 2.20 bits per heavy atom. The monoisotopic (exact) mass is 162 g/mol. The van der Waals surface area contributed by atoms with Gasteiger partial charge in [-0.2, -0.15) is 0 Å². The summed E-state index contributed by atoms with van der Waals surface area (Å²) >= 11 is 5.05. The van der Waals surface area contributed by atoms with Crippen molar-refractivity contribution in [1.82, 2.24) is 0 Å². The molecule has 0 radical (unpaired) electrons. The Morgan fingerprint density at radius 3 is 2.50 bits per heavy atom. The van der Waals surface area contributed by atoms with Crippen molar-refractivity contribution in [3.8, 4) is 0 Å². The number of allylic oxidation sites excluding steroid dienone is 1. The highest BCUT2D eigenvalue weighted by atomic mass is 35.5. The number of rotatable bonds is 4. The van der Waals surface area contributed by atoms with Crippen LogP contribution in [0.15, 0.2) is 12.3 Å². The van der Waals surface area contributed by atoms with Crippen molar-refractivity contribution in [2.75, 3.05) is 6.61 Å². The van der Waals surface area contributed by atoms with Gasteiger partial charge in [0, 0.05) is 0 Å². The molecule has 0 aromatic heterocycles. The van der Waals surface area contributed by atoms with Crippen LogP contribution in [0, 0.1) is 5.92 Å². The highest BCUT2D eigenvalue weighted by molar-refractivity contribution is 6.67. The highest BCUT2D eigenvalue weighted by Gasteiger charge is 2.03. The predicted molar refractivity (Wildman–Crippen MR) is 40.8 cm³/mol. The Balaban J connectivity index is 3.50. The minimum Gasteiger partial charge on any atom is -0.489 e. The number of ether oxygens (including phenoxy) is 1. The van der Waals surface area contributed by atoms with Gasteiger partial charge in [0.25, 0.3) is 5.24 Å². The minimum atomic E-state index is -0.624. The van der Waals surface area contributed by atoms with E-state index in [1.54, 1.807) is 0 Å². The van der Waals surface area contributed by atoms with Crippen molar-refractivity contribution in [3.05, 3.63) is 12.3 Å². The molecule has 0 rings (SSSR count). The predicted octanol–water partition coefficient (Wildman–Crippen LogP) is 1.94. The smallest absolute Gasteiger partial charge is 0.286 e. The average Bonchev–Trinajstić information content (AvgIpc) is 1.82. The van der Waals surface area contributed by atoms with Gasteiger partial charge in [0.05, 0.1) is 6.61 Å². The quantitative estimate of drug-likeness (QED) is 0.359. The molecule has 0 N–H and O–H groups in total. The molecule has 0 heterocycles. The number of carbonyl (C=O) groups excluding carboxylic acids is 1. The summed E-state index contributed by atoms with van der Waals surface area (Å²) in [6.45, 7) is 7.76. The van der Waals surface area contributed by atoms with Gasteiger partial charge in [-0.1, -0.05) is 20.4 Å². The number of hydrogen-bond donors (Lipinski definition) is 0. The van der Waals surface area contributed by atoms with Gasteiger partial charge in [0.1, 0.15) is 0 Å². The molecule has 0 fully saturated rings. The summed E-state index contributed by atoms with van der Waals surface area (Å²) in [7, 11) is 0. The molecule has 0 unspecified atom stereocenters. The molecule has 0 aliphatic carbocycles. The van der Waals surface area contributed by atoms with Gasteiger partial charge < -0.3 is 4.74 Å². The standard InChI is InChI=1S/C7H11ClO2/c1-5(2)4-10-6(3)7(8)9/h5H,3-4H2,1-2H3. The van der Waals surface area contributed by atoms with Gasteiger partial charge >= 0.3 is 0 Å². The van der Waals surface area contributed by atoms with Gasteiger partial charge in [-0.15, -0.1) is 0 Å². The molecule has 58 valence electrons. The third kappa shape index (κ3) is 4.39. The van der Waals surface area contributed by atoms with Crippen LogP contribution in [0.1, 0.15) is 13.8 Å². The van der Waals surface area contributed by atoms with Crippen LogP contribution in [0.5, 0.6) is 0 Å². The summed E-state index contributed by atoms with van der Waals surface area (Å²) in [5.41, 5.74) is 0. The Morgan fingerprint density at radius 1 is 1.70 bits per heavy atom. The summed E-state index contributed by atoms with van der Waals surface area (Å²) in [6, 6.07) is 0. The Kier molecular flexibility index (Phi) is 4.12. The van der Waals surface area contributed by atoms with E-state index in [1.807, 2.05) is 13.8 Å². The SMILES string of the molecule is C=C(OCC(C)C)C(=O)Cl. The maximum absolute atomic E-state index is 10.3. The molecular formula is C7H11ClO2. The Labute approximate surface area is 65.8 Å². The van der Waals surface area contributed by atoms with Crippen LogP contribution in [-0.2, 0) is 9.53 Å². The first-order valence-electron chi connectivity index (χ1n) is 3.05. The Bertz CT molecular complexity index is 141. The lowest BCUT2D eigenvalue weighted by Gasteiger charge is -2.06. The zero-order valence-corrected chi connectivity index (χ0v) is 6.94. The molecule has 0 aliphatic rings. The van der Waals surface area contributed by atoms with E-state index >= 15 is 0 Å². The van der Waals surface area contributed by atoms with Crippen molar-refractivity contribution < 1.29 is 9.53 Å². The molecule has 0 aromatic carbocycles. The molecule has 0 spiro atoms. The average molecular weight is 163 g/mol. The van der Waals surface area contributed by atoms with Gasteiger partial charge in [-0.05, 0) is 17.5 Å². The van der Waals surface area contributed by atoms with Crippen LogP contribution >= 0.6 is 11.6 Å². The van der Waals surface area contributed by atoms with Gasteiger partial charge in [0.2, 0.25) is 0 Å². The molecule has 2 nitrogen and oxygen atoms in total. The fraction of sp³-hybridized carbons (Fsp3) is 0.571. The second-order valence-corrected chi connectivity index (χ2v) is 2.75. The van der Waals surface area contributed by atoms with E-state index in [4.69, 9.17) is 16.3 Å². The molecule has 0 amide bonds. The Hall–Kier alpha value is -0.500. The molecule has 3 heteroatoms. The molecule has 0 saturated heterocycles. The first-order valence-corrected chi connectivity index (χ1v) is 3.43. The lowest BCUT2D eigenvalue weighted by molar-refractivity contribution is -0.111. The first kappa shape index (κ1) is 9.50. The zero-order chi connectivity index (χ0) is 8.15. The van der Waals surface area contributed by atoms with Crippen LogP contribution in [-0.4, -0.2) is 11.8 Å². The van der Waals surface area contributed by atoms with Crippen LogP contribution in [0.3, 0.4) is 0 Å². The number of hydrogen-bond acceptors (Lipinski definition) is 2. The molecular weight excluding hydrogens is 152 g/mol. The summed E-state index contributed by atoms with van der Waals surface area (Å²) in [6.07, 6.45) is 0. The van der Waals surface area contributed by atoms with Crippen molar-refractivity contribution in [2.24, 2.45) is 5.92 Å². The third-order valence-electron chi connectivity index (χ3n) is 0.810. The van der Waals surface area contributed by atoms with Crippen molar-refractivity contribution in [1.29, 1.82) is 0 Å². The van der Waals surface area contributed by atoms with Crippen LogP contribution in [0.4, 0.5) is 0 Å². The molecule has 10 heavy (non-hydrogen) atoms. The lowest BCUT2D eigenvalue weighted by Crippen LogP contribution is -2.04. The van der Waals surface area contributed by atoms with Crippen molar-refractivity contribution in [2.45, 2.75) is 13.8 Å². The summed E-state index contributed by atoms with van der Waals surface area (Å²) in [5, 5.41) is -0.624. The fourth-order valence-corrected chi connectivity index (χ4v) is 0.379. The number of halogens is 1. The van der Waals surface area contributed by atoms with Gasteiger partial charge in [0.15, 0.2) is 5.76 Å². The fourth-order valence-electron chi connectivity index (χ4n) is 0.324. The number of carbonyl (C=O) groups is 1. The van der Waals surface area contributed by atoms with Gasteiger partial charge in [-0.3, -0.25) is 4.79 Å². The van der Waals surface area contributed by atoms with Crippen LogP contribution in [0.2, 0.25) is 0 Å². The van der Waals surface area contributed by atoms with Gasteiger partial charge in [-0.25, -0.2) is 0 Å². The molecule has 0 aliphatic heterocycles. The summed E-state index contributed by atoms with van der Waals surface area (Å²) < 4.78 is 4.89. The van der Waals surface area contributed by atoms with E-state index in [0.717, 1.165) is 0 Å². The van der Waals surface area contributed by atoms with E-state index in [1.165, 1.54) is 0 Å². The second kappa shape index (κ2) is 4.34. The van der Waals surface area contributed by atoms with E-state index < -0.39 is 5.24 Å². The van der Waals surface area contributed by atoms with E-state index in [2.05, 4.69) is 6.58 Å². The first-order chi connectivity index (χ1) is 4.54. The summed E-state index contributed by atoms with van der Waals surface area (Å²) in [4.78, 5) is 10.3. The highest BCUT2D eigenvalue weighted by Crippen LogP contribution is 2.02. The summed E-state index contributed by atoms with van der Waals surface area (Å²) in [5.74, 6) is 0.406. The molecule has 0 saturated carbocycles. The van der Waals surface area contributed by atoms with E-state index in [9.17, 15) is 4.79 Å². The molecule has 0 bridgehead atoms. The largest absolute Gasteiger partial charge is 0.489 e. The second-order valence-electron chi connectivity index (χ2n) is 2.40.